The minimum absolute atomic E-state index is 0. The van der Waals surface area contributed by atoms with Crippen molar-refractivity contribution in [2.75, 3.05) is 0 Å². The summed E-state index contributed by atoms with van der Waals surface area (Å²) < 4.78 is 22.3. The third-order valence-corrected chi connectivity index (χ3v) is 1.03. The summed E-state index contributed by atoms with van der Waals surface area (Å²) in [6, 6.07) is 0. The molecule has 0 bridgehead atoms. The zero-order chi connectivity index (χ0) is 10.0. The summed E-state index contributed by atoms with van der Waals surface area (Å²) in [7, 11) is 0. The molecule has 1 aliphatic rings. The summed E-state index contributed by atoms with van der Waals surface area (Å²) in [5.74, 6) is -2.25. The van der Waals surface area contributed by atoms with Crippen LogP contribution in [0.4, 0.5) is 8.78 Å². The maximum absolute atomic E-state index is 11.1. The molecule has 4 heteroatoms. The molecule has 0 heterocycles. The van der Waals surface area contributed by atoms with E-state index in [0.717, 1.165) is 12.7 Å². The first-order valence-electron chi connectivity index (χ1n) is 4.44. The molecule has 0 unspecified atom stereocenters. The molecule has 1 fully saturated rings. The molecule has 0 spiro atoms. The summed E-state index contributed by atoms with van der Waals surface area (Å²) in [4.78, 5) is 9.40. The quantitative estimate of drug-likeness (QED) is 0.629. The van der Waals surface area contributed by atoms with E-state index in [1.807, 2.05) is 20.8 Å². The van der Waals surface area contributed by atoms with Crippen LogP contribution in [-0.2, 0) is 4.79 Å². The van der Waals surface area contributed by atoms with Crippen molar-refractivity contribution in [1.29, 1.82) is 0 Å². The topological polar surface area (TPSA) is 48.6 Å². The summed E-state index contributed by atoms with van der Waals surface area (Å²) in [6.07, 6.45) is 2.85. The van der Waals surface area contributed by atoms with Gasteiger partial charge in [-0.25, -0.2) is 8.78 Å². The van der Waals surface area contributed by atoms with E-state index in [1.165, 1.54) is 0 Å². The predicted octanol–water partition coefficient (Wildman–Crippen LogP) is 2.60. The average molecular weight is 198 g/mol. The first-order valence-corrected chi connectivity index (χ1v) is 4.44. The van der Waals surface area contributed by atoms with Gasteiger partial charge in [0.25, 0.3) is 0 Å². The fourth-order valence-electron chi connectivity index (χ4n) is 0.212. The van der Waals surface area contributed by atoms with Gasteiger partial charge in [-0.05, 0) is 6.42 Å². The molecular weight excluding hydrogens is 178 g/mol. The van der Waals surface area contributed by atoms with Crippen molar-refractivity contribution >= 4 is 6.29 Å². The maximum Gasteiger partial charge on any atom is 0.248 e. The van der Waals surface area contributed by atoms with Gasteiger partial charge in [-0.3, -0.25) is 0 Å². The van der Waals surface area contributed by atoms with Crippen molar-refractivity contribution < 1.29 is 19.1 Å². The predicted molar refractivity (Wildman–Crippen MR) is 50.1 cm³/mol. The summed E-state index contributed by atoms with van der Waals surface area (Å²) in [6.45, 7) is 5.98. The number of hydrogen-bond acceptors (Lipinski definition) is 1. The van der Waals surface area contributed by atoms with Crippen LogP contribution in [0.1, 0.15) is 46.5 Å². The highest BCUT2D eigenvalue weighted by atomic mass is 19.3. The Hall–Kier alpha value is -0.510. The van der Waals surface area contributed by atoms with Gasteiger partial charge in [0.05, 0.1) is 0 Å². The SMILES string of the molecule is CC.CCCC=O.FC1(F)CC1.O. The van der Waals surface area contributed by atoms with Crippen LogP contribution < -0.4 is 0 Å². The van der Waals surface area contributed by atoms with Gasteiger partial charge in [-0.2, -0.15) is 0 Å². The highest BCUT2D eigenvalue weighted by molar-refractivity contribution is 5.48. The summed E-state index contributed by atoms with van der Waals surface area (Å²) in [5.41, 5.74) is 0. The number of unbranched alkanes of at least 4 members (excludes halogenated alkanes) is 1. The molecule has 2 nitrogen and oxygen atoms in total. The lowest BCUT2D eigenvalue weighted by Gasteiger charge is -1.76. The zero-order valence-electron chi connectivity index (χ0n) is 8.57. The highest BCUT2D eigenvalue weighted by Gasteiger charge is 2.43. The van der Waals surface area contributed by atoms with E-state index in [2.05, 4.69) is 0 Å². The third-order valence-electron chi connectivity index (χ3n) is 1.03. The van der Waals surface area contributed by atoms with Crippen molar-refractivity contribution in [2.45, 2.75) is 52.4 Å². The number of carbonyl (C=O) groups is 1. The van der Waals surface area contributed by atoms with Crippen LogP contribution in [0.3, 0.4) is 0 Å². The Morgan fingerprint density at radius 1 is 1.31 bits per heavy atom. The van der Waals surface area contributed by atoms with E-state index >= 15 is 0 Å². The van der Waals surface area contributed by atoms with Gasteiger partial charge in [0, 0.05) is 19.3 Å². The van der Waals surface area contributed by atoms with Crippen LogP contribution in [0.5, 0.6) is 0 Å². The van der Waals surface area contributed by atoms with Crippen molar-refractivity contribution in [1.82, 2.24) is 0 Å². The van der Waals surface area contributed by atoms with Crippen molar-refractivity contribution in [3.63, 3.8) is 0 Å². The zero-order valence-corrected chi connectivity index (χ0v) is 8.57. The van der Waals surface area contributed by atoms with Crippen molar-refractivity contribution in [3.05, 3.63) is 0 Å². The van der Waals surface area contributed by atoms with Crippen molar-refractivity contribution in [2.24, 2.45) is 0 Å². The molecule has 1 saturated carbocycles. The van der Waals surface area contributed by atoms with E-state index in [4.69, 9.17) is 0 Å². The molecule has 0 aromatic carbocycles. The van der Waals surface area contributed by atoms with E-state index in [-0.39, 0.29) is 18.3 Å². The molecule has 82 valence electrons. The van der Waals surface area contributed by atoms with E-state index in [0.29, 0.717) is 6.42 Å². The minimum Gasteiger partial charge on any atom is -0.412 e. The van der Waals surface area contributed by atoms with Crippen LogP contribution in [-0.4, -0.2) is 17.7 Å². The van der Waals surface area contributed by atoms with Gasteiger partial charge >= 0.3 is 0 Å². The molecule has 0 saturated heterocycles. The lowest BCUT2D eigenvalue weighted by atomic mass is 10.4. The Morgan fingerprint density at radius 2 is 1.62 bits per heavy atom. The van der Waals surface area contributed by atoms with Gasteiger partial charge < -0.3 is 10.3 Å². The minimum atomic E-state index is -2.25. The molecule has 13 heavy (non-hydrogen) atoms. The lowest BCUT2D eigenvalue weighted by Crippen LogP contribution is -1.79. The number of hydrogen-bond donors (Lipinski definition) is 0. The average Bonchev–Trinajstić information content (AvgIpc) is 2.73. The molecule has 0 aliphatic heterocycles. The summed E-state index contributed by atoms with van der Waals surface area (Å²) in [5, 5.41) is 0. The van der Waals surface area contributed by atoms with Gasteiger partial charge in [-0.15, -0.1) is 0 Å². The number of rotatable bonds is 2. The number of aldehydes is 1. The molecule has 1 rings (SSSR count). The van der Waals surface area contributed by atoms with Gasteiger partial charge in [0.15, 0.2) is 0 Å². The van der Waals surface area contributed by atoms with Crippen LogP contribution in [0, 0.1) is 0 Å². The number of alkyl halides is 2. The first kappa shape index (κ1) is 18.3. The Labute approximate surface area is 78.6 Å². The van der Waals surface area contributed by atoms with Gasteiger partial charge in [-0.1, -0.05) is 20.8 Å². The monoisotopic (exact) mass is 198 g/mol. The summed E-state index contributed by atoms with van der Waals surface area (Å²) >= 11 is 0. The van der Waals surface area contributed by atoms with Crippen LogP contribution >= 0.6 is 0 Å². The molecule has 0 amide bonds. The van der Waals surface area contributed by atoms with Gasteiger partial charge in [0.2, 0.25) is 5.92 Å². The normalized spacial score (nSPS) is 14.8. The van der Waals surface area contributed by atoms with E-state index < -0.39 is 5.92 Å². The fourth-order valence-corrected chi connectivity index (χ4v) is 0.212. The van der Waals surface area contributed by atoms with Crippen LogP contribution in [0.15, 0.2) is 0 Å². The number of carbonyl (C=O) groups excluding carboxylic acids is 1. The smallest absolute Gasteiger partial charge is 0.248 e. The molecule has 0 atom stereocenters. The molecule has 0 aromatic rings. The van der Waals surface area contributed by atoms with Crippen LogP contribution in [0.25, 0.3) is 0 Å². The number of halogens is 2. The lowest BCUT2D eigenvalue weighted by molar-refractivity contribution is -0.107. The van der Waals surface area contributed by atoms with Gasteiger partial charge in [0.1, 0.15) is 6.29 Å². The maximum atomic E-state index is 11.1. The Bertz CT molecular complexity index is 99.8. The van der Waals surface area contributed by atoms with E-state index in [1.54, 1.807) is 0 Å². The van der Waals surface area contributed by atoms with Crippen molar-refractivity contribution in [3.8, 4) is 0 Å². The Kier molecular flexibility index (Phi) is 16.2. The molecular formula is C9H20F2O2. The van der Waals surface area contributed by atoms with Crippen LogP contribution in [0.2, 0.25) is 0 Å². The third kappa shape index (κ3) is 24.6. The molecule has 2 N–H and O–H groups in total. The molecule has 0 radical (unpaired) electrons. The second kappa shape index (κ2) is 11.5. The fraction of sp³-hybridized carbons (Fsp3) is 0.889. The standard InChI is InChI=1S/C4H8O.C3H4F2.C2H6.H2O/c1-2-3-4-5;4-3(5)1-2-3;1-2;/h4H,2-3H2,1H3;1-2H2;1-2H3;1H2. The Balaban J connectivity index is -0.000000122. The second-order valence-corrected chi connectivity index (χ2v) is 2.31. The highest BCUT2D eigenvalue weighted by Crippen LogP contribution is 2.40. The molecule has 0 aromatic heterocycles. The molecule has 1 aliphatic carbocycles. The Morgan fingerprint density at radius 3 is 1.62 bits per heavy atom. The largest absolute Gasteiger partial charge is 0.412 e. The second-order valence-electron chi connectivity index (χ2n) is 2.31. The first-order chi connectivity index (χ1) is 5.62. The van der Waals surface area contributed by atoms with E-state index in [9.17, 15) is 13.6 Å².